The Morgan fingerprint density at radius 2 is 1.95 bits per heavy atom. The summed E-state index contributed by atoms with van der Waals surface area (Å²) < 4.78 is 0. The maximum absolute atomic E-state index is 12.3. The minimum Gasteiger partial charge on any atom is -0.298 e. The Morgan fingerprint density at radius 3 is 2.58 bits per heavy atom. The summed E-state index contributed by atoms with van der Waals surface area (Å²) in [5.74, 6) is 1.49. The van der Waals surface area contributed by atoms with Crippen molar-refractivity contribution in [2.75, 3.05) is 6.54 Å². The SMILES string of the molecule is CC(C)CC1C(=O)CC(C)CN1Cc1ccccc1. The first kappa shape index (κ1) is 14.3. The summed E-state index contributed by atoms with van der Waals surface area (Å²) in [6.45, 7) is 8.52. The summed E-state index contributed by atoms with van der Waals surface area (Å²) in [6.07, 6.45) is 1.74. The van der Waals surface area contributed by atoms with Crippen LogP contribution in [0.25, 0.3) is 0 Å². The van der Waals surface area contributed by atoms with Crippen molar-refractivity contribution in [2.24, 2.45) is 11.8 Å². The van der Waals surface area contributed by atoms with Crippen molar-refractivity contribution in [3.63, 3.8) is 0 Å². The Hall–Kier alpha value is -1.15. The lowest BCUT2D eigenvalue weighted by Crippen LogP contribution is -2.48. The van der Waals surface area contributed by atoms with E-state index in [4.69, 9.17) is 0 Å². The number of hydrogen-bond donors (Lipinski definition) is 0. The molecule has 0 amide bonds. The zero-order chi connectivity index (χ0) is 13.8. The van der Waals surface area contributed by atoms with Crippen molar-refractivity contribution in [1.82, 2.24) is 4.90 Å². The first-order chi connectivity index (χ1) is 9.06. The Balaban J connectivity index is 2.11. The van der Waals surface area contributed by atoms with Gasteiger partial charge in [0.1, 0.15) is 5.78 Å². The number of ketones is 1. The van der Waals surface area contributed by atoms with Gasteiger partial charge in [0.2, 0.25) is 0 Å². The third kappa shape index (κ3) is 3.90. The van der Waals surface area contributed by atoms with E-state index >= 15 is 0 Å². The Kier molecular flexibility index (Phi) is 4.76. The Morgan fingerprint density at radius 1 is 1.26 bits per heavy atom. The van der Waals surface area contributed by atoms with Crippen LogP contribution in [0.5, 0.6) is 0 Å². The molecule has 0 spiro atoms. The molecule has 2 nitrogen and oxygen atoms in total. The monoisotopic (exact) mass is 259 g/mol. The summed E-state index contributed by atoms with van der Waals surface area (Å²) in [5.41, 5.74) is 1.30. The number of hydrogen-bond acceptors (Lipinski definition) is 2. The molecule has 2 heteroatoms. The van der Waals surface area contributed by atoms with Crippen molar-refractivity contribution >= 4 is 5.78 Å². The molecule has 1 aromatic rings. The van der Waals surface area contributed by atoms with Crippen molar-refractivity contribution in [1.29, 1.82) is 0 Å². The van der Waals surface area contributed by atoms with Crippen LogP contribution in [0, 0.1) is 11.8 Å². The van der Waals surface area contributed by atoms with Gasteiger partial charge < -0.3 is 0 Å². The van der Waals surface area contributed by atoms with E-state index in [1.807, 2.05) is 6.07 Å². The van der Waals surface area contributed by atoms with E-state index < -0.39 is 0 Å². The molecular weight excluding hydrogens is 234 g/mol. The largest absolute Gasteiger partial charge is 0.298 e. The maximum atomic E-state index is 12.3. The molecule has 1 heterocycles. The average molecular weight is 259 g/mol. The lowest BCUT2D eigenvalue weighted by molar-refractivity contribution is -0.129. The first-order valence-corrected chi connectivity index (χ1v) is 7.37. The van der Waals surface area contributed by atoms with Crippen LogP contribution in [0.2, 0.25) is 0 Å². The molecule has 0 radical (unpaired) electrons. The third-order valence-corrected chi connectivity index (χ3v) is 3.83. The Bertz CT molecular complexity index is 413. The molecule has 0 saturated carbocycles. The van der Waals surface area contributed by atoms with Crippen LogP contribution in [0.1, 0.15) is 39.2 Å². The molecule has 104 valence electrons. The highest BCUT2D eigenvalue weighted by Gasteiger charge is 2.33. The van der Waals surface area contributed by atoms with Crippen molar-refractivity contribution in [3.05, 3.63) is 35.9 Å². The van der Waals surface area contributed by atoms with Gasteiger partial charge in [-0.15, -0.1) is 0 Å². The predicted molar refractivity (Wildman–Crippen MR) is 78.9 cm³/mol. The second-order valence-corrected chi connectivity index (χ2v) is 6.34. The number of rotatable bonds is 4. The van der Waals surface area contributed by atoms with Crippen LogP contribution < -0.4 is 0 Å². The number of benzene rings is 1. The second-order valence-electron chi connectivity index (χ2n) is 6.34. The van der Waals surface area contributed by atoms with Gasteiger partial charge in [-0.3, -0.25) is 9.69 Å². The molecule has 0 aromatic heterocycles. The maximum Gasteiger partial charge on any atom is 0.150 e. The molecular formula is C17H25NO. The van der Waals surface area contributed by atoms with Gasteiger partial charge in [0.05, 0.1) is 6.04 Å². The fourth-order valence-electron chi connectivity index (χ4n) is 2.99. The van der Waals surface area contributed by atoms with Gasteiger partial charge in [0.15, 0.2) is 0 Å². The van der Waals surface area contributed by atoms with Crippen LogP contribution in [0.4, 0.5) is 0 Å². The molecule has 19 heavy (non-hydrogen) atoms. The highest BCUT2D eigenvalue weighted by molar-refractivity contribution is 5.85. The molecule has 2 rings (SSSR count). The van der Waals surface area contributed by atoms with Crippen LogP contribution in [0.15, 0.2) is 30.3 Å². The molecule has 0 bridgehead atoms. The van der Waals surface area contributed by atoms with Crippen molar-refractivity contribution in [3.8, 4) is 0 Å². The quantitative estimate of drug-likeness (QED) is 0.824. The minimum atomic E-state index is 0.122. The Labute approximate surface area is 116 Å². The number of Topliss-reactive ketones (excluding diaryl/α,β-unsaturated/α-hetero) is 1. The number of carbonyl (C=O) groups excluding carboxylic acids is 1. The summed E-state index contributed by atoms with van der Waals surface area (Å²) in [7, 11) is 0. The first-order valence-electron chi connectivity index (χ1n) is 7.37. The van der Waals surface area contributed by atoms with E-state index in [-0.39, 0.29) is 6.04 Å². The standard InChI is InChI=1S/C17H25NO/c1-13(2)9-16-17(19)10-14(3)11-18(16)12-15-7-5-4-6-8-15/h4-8,13-14,16H,9-12H2,1-3H3. The zero-order valence-corrected chi connectivity index (χ0v) is 12.3. The van der Waals surface area contributed by atoms with Gasteiger partial charge in [0, 0.05) is 19.5 Å². The summed E-state index contributed by atoms with van der Waals surface area (Å²) >= 11 is 0. The van der Waals surface area contributed by atoms with E-state index in [2.05, 4.69) is 49.9 Å². The fourth-order valence-corrected chi connectivity index (χ4v) is 2.99. The molecule has 1 saturated heterocycles. The molecule has 1 fully saturated rings. The lowest BCUT2D eigenvalue weighted by atomic mass is 9.88. The normalized spacial score (nSPS) is 24.9. The van der Waals surface area contributed by atoms with Gasteiger partial charge in [-0.25, -0.2) is 0 Å². The molecule has 0 N–H and O–H groups in total. The van der Waals surface area contributed by atoms with Gasteiger partial charge in [-0.2, -0.15) is 0 Å². The van der Waals surface area contributed by atoms with Gasteiger partial charge in [-0.1, -0.05) is 51.1 Å². The van der Waals surface area contributed by atoms with Gasteiger partial charge in [-0.05, 0) is 23.8 Å². The number of carbonyl (C=O) groups is 1. The molecule has 2 atom stereocenters. The molecule has 0 aliphatic carbocycles. The summed E-state index contributed by atoms with van der Waals surface area (Å²) in [4.78, 5) is 14.7. The highest BCUT2D eigenvalue weighted by atomic mass is 16.1. The molecule has 1 aliphatic rings. The number of likely N-dealkylation sites (tertiary alicyclic amines) is 1. The van der Waals surface area contributed by atoms with E-state index in [0.29, 0.717) is 17.6 Å². The van der Waals surface area contributed by atoms with E-state index in [9.17, 15) is 4.79 Å². The van der Waals surface area contributed by atoms with Gasteiger partial charge in [0.25, 0.3) is 0 Å². The fraction of sp³-hybridized carbons (Fsp3) is 0.588. The summed E-state index contributed by atoms with van der Waals surface area (Å²) in [6, 6.07) is 10.6. The average Bonchev–Trinajstić information content (AvgIpc) is 2.34. The molecule has 1 aromatic carbocycles. The summed E-state index contributed by atoms with van der Waals surface area (Å²) in [5, 5.41) is 0. The van der Waals surface area contributed by atoms with Gasteiger partial charge >= 0.3 is 0 Å². The molecule has 2 unspecified atom stereocenters. The number of nitrogens with zero attached hydrogens (tertiary/aromatic N) is 1. The van der Waals surface area contributed by atoms with Crippen LogP contribution in [-0.4, -0.2) is 23.3 Å². The van der Waals surface area contributed by atoms with Crippen LogP contribution >= 0.6 is 0 Å². The minimum absolute atomic E-state index is 0.122. The van der Waals surface area contributed by atoms with Crippen molar-refractivity contribution < 1.29 is 4.79 Å². The topological polar surface area (TPSA) is 20.3 Å². The highest BCUT2D eigenvalue weighted by Crippen LogP contribution is 2.25. The van der Waals surface area contributed by atoms with Crippen molar-refractivity contribution in [2.45, 2.75) is 46.2 Å². The second kappa shape index (κ2) is 6.33. The number of piperidine rings is 1. The van der Waals surface area contributed by atoms with Crippen LogP contribution in [0.3, 0.4) is 0 Å². The predicted octanol–water partition coefficient (Wildman–Crippen LogP) is 3.51. The lowest BCUT2D eigenvalue weighted by Gasteiger charge is -2.38. The zero-order valence-electron chi connectivity index (χ0n) is 12.3. The van der Waals surface area contributed by atoms with E-state index in [1.165, 1.54) is 5.56 Å². The molecule has 1 aliphatic heterocycles. The third-order valence-electron chi connectivity index (χ3n) is 3.83. The van der Waals surface area contributed by atoms with E-state index in [0.717, 1.165) is 25.9 Å². The van der Waals surface area contributed by atoms with Crippen LogP contribution in [-0.2, 0) is 11.3 Å². The smallest absolute Gasteiger partial charge is 0.150 e. The van der Waals surface area contributed by atoms with E-state index in [1.54, 1.807) is 0 Å².